The van der Waals surface area contributed by atoms with Gasteiger partial charge in [0.05, 0.1) is 16.8 Å². The van der Waals surface area contributed by atoms with Crippen LogP contribution in [0.3, 0.4) is 0 Å². The molecule has 1 aromatic heterocycles. The second-order valence-electron chi connectivity index (χ2n) is 6.56. The Bertz CT molecular complexity index is 1060. The summed E-state index contributed by atoms with van der Waals surface area (Å²) in [5.74, 6) is -0.680. The Hall–Kier alpha value is -2.94. The lowest BCUT2D eigenvalue weighted by atomic mass is 10.1. The van der Waals surface area contributed by atoms with E-state index < -0.39 is 23.2 Å². The monoisotopic (exact) mass is 401 g/mol. The van der Waals surface area contributed by atoms with Crippen molar-refractivity contribution in [2.45, 2.75) is 12.8 Å². The fraction of sp³-hybridized carbons (Fsp3) is 0.211. The number of nitrogen functional groups attached to an aromatic ring is 1. The number of anilines is 3. The molecule has 0 unspecified atom stereocenters. The summed E-state index contributed by atoms with van der Waals surface area (Å²) < 4.78 is 31.8. The van der Waals surface area contributed by atoms with Crippen LogP contribution in [0, 0.1) is 17.6 Å². The van der Waals surface area contributed by atoms with Crippen LogP contribution in [0.2, 0.25) is 0 Å². The molecule has 9 heteroatoms. The van der Waals surface area contributed by atoms with Crippen molar-refractivity contribution in [3.05, 3.63) is 53.9 Å². The van der Waals surface area contributed by atoms with E-state index in [2.05, 4.69) is 20.0 Å². The van der Waals surface area contributed by atoms with Crippen LogP contribution in [0.25, 0.3) is 10.9 Å². The van der Waals surface area contributed by atoms with Gasteiger partial charge in [0.25, 0.3) is 5.91 Å². The van der Waals surface area contributed by atoms with Gasteiger partial charge in [-0.25, -0.2) is 18.7 Å². The minimum atomic E-state index is -0.863. The van der Waals surface area contributed by atoms with Crippen LogP contribution in [0.5, 0.6) is 0 Å². The molecule has 144 valence electrons. The molecular weight excluding hydrogens is 384 g/mol. The summed E-state index contributed by atoms with van der Waals surface area (Å²) >= 11 is 1.37. The molecule has 0 bridgehead atoms. The number of hydrogen-bond acceptors (Lipinski definition) is 6. The minimum absolute atomic E-state index is 0.117. The fourth-order valence-corrected chi connectivity index (χ4v) is 3.70. The van der Waals surface area contributed by atoms with Crippen LogP contribution in [0.4, 0.5) is 26.0 Å². The van der Waals surface area contributed by atoms with Crippen molar-refractivity contribution in [1.29, 1.82) is 0 Å². The largest absolute Gasteiger partial charge is 0.383 e. The average molecular weight is 401 g/mol. The number of para-hydroxylation sites is 1. The van der Waals surface area contributed by atoms with Crippen molar-refractivity contribution < 1.29 is 13.6 Å². The molecule has 4 N–H and O–H groups in total. The van der Waals surface area contributed by atoms with Crippen molar-refractivity contribution in [3.8, 4) is 0 Å². The number of aromatic nitrogens is 2. The summed E-state index contributed by atoms with van der Waals surface area (Å²) in [4.78, 5) is 20.7. The third kappa shape index (κ3) is 3.70. The summed E-state index contributed by atoms with van der Waals surface area (Å²) in [6.07, 6.45) is 3.60. The smallest absolute Gasteiger partial charge is 0.258 e. The third-order valence-corrected chi connectivity index (χ3v) is 5.47. The van der Waals surface area contributed by atoms with Gasteiger partial charge in [0.2, 0.25) is 0 Å². The molecule has 3 aromatic rings. The summed E-state index contributed by atoms with van der Waals surface area (Å²) in [5, 5.41) is 2.81. The lowest BCUT2D eigenvalue weighted by Gasteiger charge is -2.13. The predicted molar refractivity (Wildman–Crippen MR) is 107 cm³/mol. The van der Waals surface area contributed by atoms with Gasteiger partial charge >= 0.3 is 0 Å². The molecule has 28 heavy (non-hydrogen) atoms. The SMILES string of the molecule is Nc1ncnc2c(C(=O)Nc3c(F)ccc(NSCC4CC4)c3F)cccc12. The molecule has 1 aliphatic rings. The lowest BCUT2D eigenvalue weighted by Crippen LogP contribution is -2.16. The Morgan fingerprint density at radius 2 is 2.04 bits per heavy atom. The quantitative estimate of drug-likeness (QED) is 0.536. The average Bonchev–Trinajstić information content (AvgIpc) is 3.51. The predicted octanol–water partition coefficient (Wildman–Crippen LogP) is 4.21. The Morgan fingerprint density at radius 3 is 2.82 bits per heavy atom. The van der Waals surface area contributed by atoms with Crippen molar-refractivity contribution >= 4 is 46.0 Å². The van der Waals surface area contributed by atoms with Gasteiger partial charge in [-0.05, 0) is 43.0 Å². The molecule has 6 nitrogen and oxygen atoms in total. The van der Waals surface area contributed by atoms with E-state index >= 15 is 0 Å². The second kappa shape index (κ2) is 7.59. The van der Waals surface area contributed by atoms with E-state index in [1.165, 1.54) is 43.2 Å². The molecule has 1 heterocycles. The van der Waals surface area contributed by atoms with E-state index in [-0.39, 0.29) is 17.1 Å². The Balaban J connectivity index is 1.60. The number of halogens is 2. The number of hydrogen-bond donors (Lipinski definition) is 3. The van der Waals surface area contributed by atoms with Crippen molar-refractivity contribution in [2.75, 3.05) is 21.5 Å². The number of nitrogens with two attached hydrogens (primary N) is 1. The molecular formula is C19H17F2N5OS. The highest BCUT2D eigenvalue weighted by Gasteiger charge is 2.22. The summed E-state index contributed by atoms with van der Waals surface area (Å²) in [5.41, 5.74) is 5.86. The second-order valence-corrected chi connectivity index (χ2v) is 7.38. The van der Waals surface area contributed by atoms with E-state index in [1.807, 2.05) is 0 Å². The molecule has 1 fully saturated rings. The first-order valence-corrected chi connectivity index (χ1v) is 9.69. The van der Waals surface area contributed by atoms with Crippen molar-refractivity contribution in [3.63, 3.8) is 0 Å². The Morgan fingerprint density at radius 1 is 1.21 bits per heavy atom. The Kier molecular flexibility index (Phi) is 4.99. The molecule has 1 amide bonds. The normalized spacial score (nSPS) is 13.5. The Labute approximate surface area is 164 Å². The van der Waals surface area contributed by atoms with Gasteiger partial charge in [0.1, 0.15) is 23.6 Å². The summed E-state index contributed by atoms with van der Waals surface area (Å²) in [6, 6.07) is 7.21. The number of rotatable bonds is 6. The number of fused-ring (bicyclic) bond motifs is 1. The zero-order chi connectivity index (χ0) is 19.7. The van der Waals surface area contributed by atoms with Crippen LogP contribution in [-0.4, -0.2) is 21.6 Å². The summed E-state index contributed by atoms with van der Waals surface area (Å²) in [6.45, 7) is 0. The molecule has 4 rings (SSSR count). The third-order valence-electron chi connectivity index (χ3n) is 4.47. The number of carbonyl (C=O) groups excluding carboxylic acids is 1. The molecule has 0 saturated heterocycles. The first-order chi connectivity index (χ1) is 13.5. The van der Waals surface area contributed by atoms with Crippen molar-refractivity contribution in [1.82, 2.24) is 9.97 Å². The van der Waals surface area contributed by atoms with Crippen LogP contribution in [0.1, 0.15) is 23.2 Å². The first-order valence-electron chi connectivity index (χ1n) is 8.71. The maximum Gasteiger partial charge on any atom is 0.258 e. The maximum atomic E-state index is 14.8. The van der Waals surface area contributed by atoms with Gasteiger partial charge in [0, 0.05) is 11.1 Å². The van der Waals surface area contributed by atoms with Gasteiger partial charge in [-0.15, -0.1) is 0 Å². The molecule has 1 aliphatic carbocycles. The fourth-order valence-electron chi connectivity index (χ4n) is 2.74. The highest BCUT2D eigenvalue weighted by atomic mass is 32.2. The van der Waals surface area contributed by atoms with Crippen LogP contribution in [0.15, 0.2) is 36.7 Å². The lowest BCUT2D eigenvalue weighted by molar-refractivity contribution is 0.102. The molecule has 2 aromatic carbocycles. The zero-order valence-corrected chi connectivity index (χ0v) is 15.5. The van der Waals surface area contributed by atoms with Crippen LogP contribution >= 0.6 is 11.9 Å². The highest BCUT2D eigenvalue weighted by molar-refractivity contribution is 8.00. The van der Waals surface area contributed by atoms with Crippen LogP contribution < -0.4 is 15.8 Å². The molecule has 1 saturated carbocycles. The number of carbonyl (C=O) groups is 1. The van der Waals surface area contributed by atoms with E-state index in [0.29, 0.717) is 16.8 Å². The maximum absolute atomic E-state index is 14.8. The molecule has 0 spiro atoms. The first kappa shape index (κ1) is 18.4. The molecule has 0 aliphatic heterocycles. The topological polar surface area (TPSA) is 92.9 Å². The number of benzene rings is 2. The molecule has 0 atom stereocenters. The van der Waals surface area contributed by atoms with E-state index in [1.54, 1.807) is 12.1 Å². The van der Waals surface area contributed by atoms with Gasteiger partial charge in [0.15, 0.2) is 5.82 Å². The van der Waals surface area contributed by atoms with Gasteiger partial charge < -0.3 is 15.8 Å². The van der Waals surface area contributed by atoms with Gasteiger partial charge in [-0.1, -0.05) is 18.0 Å². The zero-order valence-electron chi connectivity index (χ0n) is 14.7. The highest BCUT2D eigenvalue weighted by Crippen LogP contribution is 2.34. The van der Waals surface area contributed by atoms with E-state index in [0.717, 1.165) is 11.8 Å². The number of amides is 1. The van der Waals surface area contributed by atoms with Crippen LogP contribution in [-0.2, 0) is 0 Å². The number of nitrogens with one attached hydrogen (secondary N) is 2. The van der Waals surface area contributed by atoms with Gasteiger partial charge in [-0.3, -0.25) is 4.79 Å². The molecule has 0 radical (unpaired) electrons. The summed E-state index contributed by atoms with van der Waals surface area (Å²) in [7, 11) is 0. The van der Waals surface area contributed by atoms with Gasteiger partial charge in [-0.2, -0.15) is 0 Å². The standard InChI is InChI=1S/C19H17F2N5OS/c20-13-6-7-14(26-28-8-10-4-5-10)15(21)17(13)25-19(27)12-3-1-2-11-16(12)23-9-24-18(11)22/h1-3,6-7,9-10,26H,4-5,8H2,(H,25,27)(H2,22,23,24). The van der Waals surface area contributed by atoms with E-state index in [9.17, 15) is 13.6 Å². The minimum Gasteiger partial charge on any atom is -0.383 e. The van der Waals surface area contributed by atoms with E-state index in [4.69, 9.17) is 5.73 Å². The number of nitrogens with zero attached hydrogens (tertiary/aromatic N) is 2. The van der Waals surface area contributed by atoms with Crippen molar-refractivity contribution in [2.24, 2.45) is 5.92 Å².